The summed E-state index contributed by atoms with van der Waals surface area (Å²) in [5.41, 5.74) is 6.82. The molecule has 1 aromatic rings. The van der Waals surface area contributed by atoms with Crippen molar-refractivity contribution in [3.05, 3.63) is 18.0 Å². The molecule has 1 atom stereocenters. The van der Waals surface area contributed by atoms with Gasteiger partial charge in [0.15, 0.2) is 0 Å². The lowest BCUT2D eigenvalue weighted by Gasteiger charge is -2.24. The summed E-state index contributed by atoms with van der Waals surface area (Å²) in [5, 5.41) is 0. The molecule has 0 bridgehead atoms. The van der Waals surface area contributed by atoms with Gasteiger partial charge in [0.2, 0.25) is 5.95 Å². The van der Waals surface area contributed by atoms with Gasteiger partial charge >= 0.3 is 0 Å². The summed E-state index contributed by atoms with van der Waals surface area (Å²) in [5.74, 6) is 0.869. The van der Waals surface area contributed by atoms with Crippen molar-refractivity contribution in [3.8, 4) is 0 Å². The van der Waals surface area contributed by atoms with E-state index in [0.717, 1.165) is 31.9 Å². The van der Waals surface area contributed by atoms with Crippen molar-refractivity contribution in [2.75, 3.05) is 18.0 Å². The first-order valence-electron chi connectivity index (χ1n) is 6.12. The van der Waals surface area contributed by atoms with Gasteiger partial charge in [-0.3, -0.25) is 0 Å². The van der Waals surface area contributed by atoms with Crippen molar-refractivity contribution in [1.29, 1.82) is 0 Å². The van der Waals surface area contributed by atoms with Crippen molar-refractivity contribution in [1.82, 2.24) is 9.97 Å². The fraction of sp³-hybridized carbons (Fsp3) is 0.667. The Hall–Kier alpha value is -1.16. The molecule has 0 amide bonds. The third-order valence-corrected chi connectivity index (χ3v) is 3.23. The molecule has 2 N–H and O–H groups in total. The molecule has 2 rings (SSSR count). The van der Waals surface area contributed by atoms with Gasteiger partial charge in [0.25, 0.3) is 0 Å². The zero-order valence-corrected chi connectivity index (χ0v) is 9.89. The van der Waals surface area contributed by atoms with Gasteiger partial charge in [0, 0.05) is 25.0 Å². The van der Waals surface area contributed by atoms with E-state index < -0.39 is 0 Å². The van der Waals surface area contributed by atoms with E-state index in [1.165, 1.54) is 18.4 Å². The summed E-state index contributed by atoms with van der Waals surface area (Å²) < 4.78 is 0. The predicted molar refractivity (Wildman–Crippen MR) is 65.4 cm³/mol. The summed E-state index contributed by atoms with van der Waals surface area (Å²) in [6.45, 7) is 3.93. The summed E-state index contributed by atoms with van der Waals surface area (Å²) in [7, 11) is 0. The van der Waals surface area contributed by atoms with Crippen molar-refractivity contribution >= 4 is 5.95 Å². The molecule has 0 radical (unpaired) electrons. The molecule has 4 nitrogen and oxygen atoms in total. The second-order valence-corrected chi connectivity index (χ2v) is 4.31. The van der Waals surface area contributed by atoms with Gasteiger partial charge in [-0.05, 0) is 37.8 Å². The van der Waals surface area contributed by atoms with Crippen LogP contribution in [0.5, 0.6) is 0 Å². The third-order valence-electron chi connectivity index (χ3n) is 3.23. The van der Waals surface area contributed by atoms with Crippen molar-refractivity contribution in [2.24, 2.45) is 5.73 Å². The predicted octanol–water partition coefficient (Wildman–Crippen LogP) is 1.36. The number of rotatable bonds is 4. The number of anilines is 1. The summed E-state index contributed by atoms with van der Waals surface area (Å²) >= 11 is 0. The van der Waals surface area contributed by atoms with Crippen molar-refractivity contribution in [2.45, 2.75) is 38.6 Å². The summed E-state index contributed by atoms with van der Waals surface area (Å²) in [6, 6.07) is 0.539. The van der Waals surface area contributed by atoms with E-state index in [1.807, 2.05) is 12.4 Å². The minimum absolute atomic E-state index is 0.539. The van der Waals surface area contributed by atoms with Gasteiger partial charge in [-0.15, -0.1) is 0 Å². The average Bonchev–Trinajstić information content (AvgIpc) is 2.78. The molecule has 0 aliphatic carbocycles. The monoisotopic (exact) mass is 220 g/mol. The van der Waals surface area contributed by atoms with Gasteiger partial charge in [-0.2, -0.15) is 0 Å². The average molecular weight is 220 g/mol. The van der Waals surface area contributed by atoms with Crippen molar-refractivity contribution < 1.29 is 0 Å². The molecule has 88 valence electrons. The Labute approximate surface area is 96.9 Å². The highest BCUT2D eigenvalue weighted by atomic mass is 15.3. The van der Waals surface area contributed by atoms with E-state index in [-0.39, 0.29) is 0 Å². The Morgan fingerprint density at radius 3 is 2.81 bits per heavy atom. The van der Waals surface area contributed by atoms with Crippen LogP contribution in [-0.2, 0) is 6.42 Å². The molecule has 16 heavy (non-hydrogen) atoms. The van der Waals surface area contributed by atoms with Crippen LogP contribution in [0.25, 0.3) is 0 Å². The minimum atomic E-state index is 0.539. The molecule has 2 heterocycles. The minimum Gasteiger partial charge on any atom is -0.338 e. The fourth-order valence-electron chi connectivity index (χ4n) is 2.27. The molecular formula is C12H20N4. The van der Waals surface area contributed by atoms with E-state index in [0.29, 0.717) is 6.04 Å². The van der Waals surface area contributed by atoms with Crippen LogP contribution in [0.15, 0.2) is 12.4 Å². The molecule has 1 unspecified atom stereocenters. The van der Waals surface area contributed by atoms with Crippen LogP contribution >= 0.6 is 0 Å². The summed E-state index contributed by atoms with van der Waals surface area (Å²) in [4.78, 5) is 11.2. The van der Waals surface area contributed by atoms with E-state index >= 15 is 0 Å². The van der Waals surface area contributed by atoms with Gasteiger partial charge in [-0.25, -0.2) is 9.97 Å². The lowest BCUT2D eigenvalue weighted by Crippen LogP contribution is -2.32. The first-order chi connectivity index (χ1) is 7.85. The molecule has 1 aliphatic rings. The number of hydrogen-bond donors (Lipinski definition) is 1. The SMILES string of the molecule is CCc1cnc(N2CCCC2CCN)nc1. The highest BCUT2D eigenvalue weighted by Gasteiger charge is 2.25. The smallest absolute Gasteiger partial charge is 0.225 e. The first-order valence-corrected chi connectivity index (χ1v) is 6.12. The second-order valence-electron chi connectivity index (χ2n) is 4.31. The normalized spacial score (nSPS) is 20.4. The molecule has 1 aromatic heterocycles. The standard InChI is InChI=1S/C12H20N4/c1-2-10-8-14-12(15-9-10)16-7-3-4-11(16)5-6-13/h8-9,11H,2-7,13H2,1H3. The maximum atomic E-state index is 5.63. The Bertz CT molecular complexity index is 322. The molecular weight excluding hydrogens is 200 g/mol. The topological polar surface area (TPSA) is 55.0 Å². The highest BCUT2D eigenvalue weighted by Crippen LogP contribution is 2.23. The Kier molecular flexibility index (Phi) is 3.72. The summed E-state index contributed by atoms with van der Waals surface area (Å²) in [6.07, 6.45) is 8.34. The molecule has 1 aliphatic heterocycles. The van der Waals surface area contributed by atoms with Gasteiger partial charge in [0.05, 0.1) is 0 Å². The molecule has 1 fully saturated rings. The quantitative estimate of drug-likeness (QED) is 0.832. The molecule has 0 aromatic carbocycles. The van der Waals surface area contributed by atoms with Crippen LogP contribution < -0.4 is 10.6 Å². The number of nitrogens with two attached hydrogens (primary N) is 1. The van der Waals surface area contributed by atoms with E-state index in [4.69, 9.17) is 5.73 Å². The number of nitrogens with zero attached hydrogens (tertiary/aromatic N) is 3. The lowest BCUT2D eigenvalue weighted by molar-refractivity contribution is 0.609. The number of aromatic nitrogens is 2. The second kappa shape index (κ2) is 5.25. The maximum Gasteiger partial charge on any atom is 0.225 e. The maximum absolute atomic E-state index is 5.63. The zero-order chi connectivity index (χ0) is 11.4. The molecule has 0 saturated carbocycles. The molecule has 0 spiro atoms. The van der Waals surface area contributed by atoms with Crippen LogP contribution in [0.4, 0.5) is 5.95 Å². The molecule has 4 heteroatoms. The Balaban J connectivity index is 2.09. The van der Waals surface area contributed by atoms with Crippen LogP contribution in [0.2, 0.25) is 0 Å². The largest absolute Gasteiger partial charge is 0.338 e. The Morgan fingerprint density at radius 1 is 1.44 bits per heavy atom. The van der Waals surface area contributed by atoms with Gasteiger partial charge in [-0.1, -0.05) is 6.92 Å². The highest BCUT2D eigenvalue weighted by molar-refractivity contribution is 5.33. The van der Waals surface area contributed by atoms with E-state index in [9.17, 15) is 0 Å². The van der Waals surface area contributed by atoms with E-state index in [1.54, 1.807) is 0 Å². The van der Waals surface area contributed by atoms with Crippen LogP contribution in [0, 0.1) is 0 Å². The van der Waals surface area contributed by atoms with E-state index in [2.05, 4.69) is 21.8 Å². The lowest BCUT2D eigenvalue weighted by atomic mass is 10.1. The third kappa shape index (κ3) is 2.32. The molecule has 1 saturated heterocycles. The van der Waals surface area contributed by atoms with Crippen molar-refractivity contribution in [3.63, 3.8) is 0 Å². The number of aryl methyl sites for hydroxylation is 1. The van der Waals surface area contributed by atoms with Gasteiger partial charge in [0.1, 0.15) is 0 Å². The van der Waals surface area contributed by atoms with Crippen LogP contribution in [-0.4, -0.2) is 29.1 Å². The fourth-order valence-corrected chi connectivity index (χ4v) is 2.27. The van der Waals surface area contributed by atoms with Crippen LogP contribution in [0.1, 0.15) is 31.7 Å². The Morgan fingerprint density at radius 2 is 2.19 bits per heavy atom. The number of hydrogen-bond acceptors (Lipinski definition) is 4. The van der Waals surface area contributed by atoms with Gasteiger partial charge < -0.3 is 10.6 Å². The first kappa shape index (κ1) is 11.3. The van der Waals surface area contributed by atoms with Crippen LogP contribution in [0.3, 0.4) is 0 Å². The zero-order valence-electron chi connectivity index (χ0n) is 9.89.